The van der Waals surface area contributed by atoms with Crippen LogP contribution in [-0.4, -0.2) is 33.8 Å². The minimum atomic E-state index is -1.15. The molecule has 0 bridgehead atoms. The lowest BCUT2D eigenvalue weighted by molar-refractivity contribution is -0.138. The number of aliphatic hydroxyl groups is 1. The number of carboxylic acid groups (broad SMARTS) is 1. The highest BCUT2D eigenvalue weighted by Gasteiger charge is 2.18. The molecule has 0 fully saturated rings. The number of hydrogen-bond donors (Lipinski definition) is 3. The van der Waals surface area contributed by atoms with E-state index >= 15 is 0 Å². The van der Waals surface area contributed by atoms with Crippen molar-refractivity contribution in [2.45, 2.75) is 6.04 Å². The first kappa shape index (κ1) is 12.6. The molecule has 2 rings (SSSR count). The molecule has 3 N–H and O–H groups in total. The summed E-state index contributed by atoms with van der Waals surface area (Å²) in [5.41, 5.74) is 0. The van der Waals surface area contributed by atoms with Crippen LogP contribution in [0.4, 0.5) is 5.82 Å². The van der Waals surface area contributed by atoms with Gasteiger partial charge in [0.05, 0.1) is 11.6 Å². The molecule has 1 unspecified atom stereocenters. The Morgan fingerprint density at radius 2 is 2.22 bits per heavy atom. The van der Waals surface area contributed by atoms with Gasteiger partial charge in [-0.3, -0.25) is 0 Å². The number of anilines is 1. The Bertz CT molecular complexity index is 583. The molecule has 0 aliphatic carbocycles. The SMILES string of the molecule is O=C(O)C(CO)Nc1nccc2cccc(Cl)c12. The van der Waals surface area contributed by atoms with Gasteiger partial charge in [-0.05, 0) is 17.5 Å². The maximum atomic E-state index is 10.9. The standard InChI is InChI=1S/C12H11ClN2O3/c13-8-3-1-2-7-4-5-14-11(10(7)8)15-9(6-16)12(17)18/h1-5,9,16H,6H2,(H,14,15)(H,17,18). The van der Waals surface area contributed by atoms with E-state index in [0.717, 1.165) is 5.39 Å². The third kappa shape index (κ3) is 2.37. The fraction of sp³-hybridized carbons (Fsp3) is 0.167. The van der Waals surface area contributed by atoms with Gasteiger partial charge >= 0.3 is 5.97 Å². The number of nitrogens with zero attached hydrogens (tertiary/aromatic N) is 1. The average molecular weight is 267 g/mol. The van der Waals surface area contributed by atoms with E-state index in [9.17, 15) is 4.79 Å². The highest BCUT2D eigenvalue weighted by atomic mass is 35.5. The second kappa shape index (κ2) is 5.20. The van der Waals surface area contributed by atoms with Gasteiger partial charge in [0.15, 0.2) is 0 Å². The molecule has 94 valence electrons. The zero-order chi connectivity index (χ0) is 13.1. The van der Waals surface area contributed by atoms with Crippen molar-refractivity contribution in [2.24, 2.45) is 0 Å². The summed E-state index contributed by atoms with van der Waals surface area (Å²) in [5, 5.41) is 22.5. The molecule has 0 aliphatic rings. The van der Waals surface area contributed by atoms with E-state index in [-0.39, 0.29) is 0 Å². The highest BCUT2D eigenvalue weighted by Crippen LogP contribution is 2.28. The van der Waals surface area contributed by atoms with Crippen molar-refractivity contribution in [1.82, 2.24) is 4.98 Å². The number of nitrogens with one attached hydrogen (secondary N) is 1. The zero-order valence-electron chi connectivity index (χ0n) is 9.30. The first-order valence-corrected chi connectivity index (χ1v) is 5.64. The maximum absolute atomic E-state index is 10.9. The lowest BCUT2D eigenvalue weighted by Gasteiger charge is -2.14. The molecular formula is C12H11ClN2O3. The second-order valence-electron chi connectivity index (χ2n) is 3.72. The second-order valence-corrected chi connectivity index (χ2v) is 4.12. The highest BCUT2D eigenvalue weighted by molar-refractivity contribution is 6.36. The van der Waals surface area contributed by atoms with Gasteiger partial charge < -0.3 is 15.5 Å². The number of halogens is 1. The molecule has 5 nitrogen and oxygen atoms in total. The molecule has 1 aromatic carbocycles. The van der Waals surface area contributed by atoms with Crippen LogP contribution in [0.15, 0.2) is 30.5 Å². The Hall–Kier alpha value is -1.85. The molecule has 0 saturated carbocycles. The Kier molecular flexibility index (Phi) is 3.64. The summed E-state index contributed by atoms with van der Waals surface area (Å²) in [7, 11) is 0. The quantitative estimate of drug-likeness (QED) is 0.785. The number of aromatic nitrogens is 1. The smallest absolute Gasteiger partial charge is 0.328 e. The van der Waals surface area contributed by atoms with Crippen LogP contribution in [0.25, 0.3) is 10.8 Å². The van der Waals surface area contributed by atoms with Crippen LogP contribution in [-0.2, 0) is 4.79 Å². The van der Waals surface area contributed by atoms with Crippen LogP contribution in [0.1, 0.15) is 0 Å². The minimum Gasteiger partial charge on any atom is -0.480 e. The van der Waals surface area contributed by atoms with Crippen molar-refractivity contribution < 1.29 is 15.0 Å². The van der Waals surface area contributed by atoms with Gasteiger partial charge in [0.1, 0.15) is 11.9 Å². The molecule has 1 aromatic heterocycles. The topological polar surface area (TPSA) is 82.5 Å². The summed E-state index contributed by atoms with van der Waals surface area (Å²) < 4.78 is 0. The van der Waals surface area contributed by atoms with E-state index in [4.69, 9.17) is 21.8 Å². The van der Waals surface area contributed by atoms with E-state index < -0.39 is 18.6 Å². The van der Waals surface area contributed by atoms with Gasteiger partial charge in [0, 0.05) is 11.6 Å². The Labute approximate surface area is 108 Å². The number of carbonyl (C=O) groups is 1. The third-order valence-electron chi connectivity index (χ3n) is 2.53. The summed E-state index contributed by atoms with van der Waals surface area (Å²) in [6.45, 7) is -0.530. The van der Waals surface area contributed by atoms with Gasteiger partial charge in [0.2, 0.25) is 0 Å². The summed E-state index contributed by atoms with van der Waals surface area (Å²) in [6, 6.07) is 6.02. The van der Waals surface area contributed by atoms with Gasteiger partial charge in [-0.25, -0.2) is 9.78 Å². The van der Waals surface area contributed by atoms with Crippen LogP contribution < -0.4 is 5.32 Å². The van der Waals surface area contributed by atoms with Crippen LogP contribution in [0.5, 0.6) is 0 Å². The fourth-order valence-corrected chi connectivity index (χ4v) is 1.92. The monoisotopic (exact) mass is 266 g/mol. The number of carboxylic acids is 1. The Morgan fingerprint density at radius 1 is 1.44 bits per heavy atom. The molecule has 0 radical (unpaired) electrons. The van der Waals surface area contributed by atoms with Gasteiger partial charge in [0.25, 0.3) is 0 Å². The van der Waals surface area contributed by atoms with Crippen molar-refractivity contribution in [3.8, 4) is 0 Å². The third-order valence-corrected chi connectivity index (χ3v) is 2.85. The fourth-order valence-electron chi connectivity index (χ4n) is 1.65. The van der Waals surface area contributed by atoms with Crippen LogP contribution >= 0.6 is 11.6 Å². The molecule has 0 spiro atoms. The maximum Gasteiger partial charge on any atom is 0.328 e. The predicted molar refractivity (Wildman–Crippen MR) is 68.9 cm³/mol. The molecular weight excluding hydrogens is 256 g/mol. The summed E-state index contributed by atoms with van der Waals surface area (Å²) in [4.78, 5) is 14.9. The van der Waals surface area contributed by atoms with E-state index in [1.54, 1.807) is 24.4 Å². The van der Waals surface area contributed by atoms with Crippen LogP contribution in [0.3, 0.4) is 0 Å². The normalized spacial score (nSPS) is 12.3. The van der Waals surface area contributed by atoms with E-state index in [1.807, 2.05) is 6.07 Å². The molecule has 0 amide bonds. The average Bonchev–Trinajstić information content (AvgIpc) is 2.35. The van der Waals surface area contributed by atoms with Gasteiger partial charge in [-0.1, -0.05) is 23.7 Å². The van der Waals surface area contributed by atoms with Crippen molar-refractivity contribution in [2.75, 3.05) is 11.9 Å². The first-order valence-electron chi connectivity index (χ1n) is 5.27. The summed E-state index contributed by atoms with van der Waals surface area (Å²) in [5.74, 6) is -0.803. The molecule has 6 heteroatoms. The van der Waals surface area contributed by atoms with Crippen molar-refractivity contribution in [3.63, 3.8) is 0 Å². The molecule has 1 heterocycles. The molecule has 1 atom stereocenters. The van der Waals surface area contributed by atoms with Crippen molar-refractivity contribution >= 4 is 34.2 Å². The summed E-state index contributed by atoms with van der Waals surface area (Å²) in [6.07, 6.45) is 1.55. The first-order chi connectivity index (χ1) is 8.63. The number of benzene rings is 1. The largest absolute Gasteiger partial charge is 0.480 e. The molecule has 0 aliphatic heterocycles. The Morgan fingerprint density at radius 3 is 2.89 bits per heavy atom. The molecule has 18 heavy (non-hydrogen) atoms. The number of fused-ring (bicyclic) bond motifs is 1. The number of pyridine rings is 1. The van der Waals surface area contributed by atoms with Gasteiger partial charge in [-0.15, -0.1) is 0 Å². The number of rotatable bonds is 4. The summed E-state index contributed by atoms with van der Waals surface area (Å²) >= 11 is 6.08. The number of aliphatic carboxylic acids is 1. The van der Waals surface area contributed by atoms with Crippen molar-refractivity contribution in [3.05, 3.63) is 35.5 Å². The number of aliphatic hydroxyl groups excluding tert-OH is 1. The lowest BCUT2D eigenvalue weighted by Crippen LogP contribution is -2.33. The van der Waals surface area contributed by atoms with Crippen LogP contribution in [0.2, 0.25) is 5.02 Å². The predicted octanol–water partition coefficient (Wildman–Crippen LogP) is 1.75. The van der Waals surface area contributed by atoms with Gasteiger partial charge in [-0.2, -0.15) is 0 Å². The molecule has 2 aromatic rings. The molecule has 0 saturated heterocycles. The lowest BCUT2D eigenvalue weighted by atomic mass is 10.1. The number of hydrogen-bond acceptors (Lipinski definition) is 4. The minimum absolute atomic E-state index is 0.347. The zero-order valence-corrected chi connectivity index (χ0v) is 10.1. The Balaban J connectivity index is 2.48. The van der Waals surface area contributed by atoms with E-state index in [2.05, 4.69) is 10.3 Å². The van der Waals surface area contributed by atoms with Crippen LogP contribution in [0, 0.1) is 0 Å². The van der Waals surface area contributed by atoms with E-state index in [0.29, 0.717) is 16.2 Å². The van der Waals surface area contributed by atoms with Crippen molar-refractivity contribution in [1.29, 1.82) is 0 Å². The van der Waals surface area contributed by atoms with E-state index in [1.165, 1.54) is 0 Å².